The fraction of sp³-hybridized carbons (Fsp3) is 0.650. The van der Waals surface area contributed by atoms with Gasteiger partial charge in [-0.3, -0.25) is 4.79 Å². The fourth-order valence-corrected chi connectivity index (χ4v) is 5.27. The molecule has 0 heterocycles. The van der Waals surface area contributed by atoms with Gasteiger partial charge in [0.15, 0.2) is 5.76 Å². The molecule has 3 aliphatic carbocycles. The highest BCUT2D eigenvalue weighted by Crippen LogP contribution is 2.63. The molecular weight excluding hydrogens is 320 g/mol. The van der Waals surface area contributed by atoms with Crippen LogP contribution in [0.4, 0.5) is 0 Å². The molecule has 0 saturated heterocycles. The van der Waals surface area contributed by atoms with Crippen LogP contribution in [0.25, 0.3) is 0 Å². The molecular formula is C20H28O5. The van der Waals surface area contributed by atoms with Gasteiger partial charge in [0.05, 0.1) is 12.2 Å². The molecule has 0 bridgehead atoms. The van der Waals surface area contributed by atoms with E-state index < -0.39 is 45.6 Å². The molecule has 0 amide bonds. The first kappa shape index (κ1) is 18.4. The molecule has 3 rings (SSSR count). The van der Waals surface area contributed by atoms with Crippen molar-refractivity contribution in [2.75, 3.05) is 0 Å². The van der Waals surface area contributed by atoms with Crippen LogP contribution in [0.15, 0.2) is 35.6 Å². The van der Waals surface area contributed by atoms with Gasteiger partial charge in [0.25, 0.3) is 0 Å². The quantitative estimate of drug-likeness (QED) is 0.545. The SMILES string of the molecule is C=CC1(C)C=C2C(=O)C(O)=C3C(C)(C)C(O)CCC3(C)C2(O)C(O)C1. The van der Waals surface area contributed by atoms with E-state index in [1.807, 2.05) is 6.92 Å². The van der Waals surface area contributed by atoms with Crippen LogP contribution in [0.5, 0.6) is 0 Å². The summed E-state index contributed by atoms with van der Waals surface area (Å²) in [5.41, 5.74) is -4.00. The number of ketones is 1. The van der Waals surface area contributed by atoms with Gasteiger partial charge in [-0.1, -0.05) is 39.8 Å². The van der Waals surface area contributed by atoms with Crippen molar-refractivity contribution in [2.45, 2.75) is 64.8 Å². The summed E-state index contributed by atoms with van der Waals surface area (Å²) in [6.07, 6.45) is 2.36. The number of aliphatic hydroxyl groups excluding tert-OH is 3. The van der Waals surface area contributed by atoms with E-state index in [2.05, 4.69) is 6.58 Å². The van der Waals surface area contributed by atoms with Crippen LogP contribution in [-0.4, -0.2) is 44.0 Å². The Kier molecular flexibility index (Phi) is 3.71. The largest absolute Gasteiger partial charge is 0.504 e. The monoisotopic (exact) mass is 348 g/mol. The van der Waals surface area contributed by atoms with E-state index in [4.69, 9.17) is 0 Å². The van der Waals surface area contributed by atoms with Crippen LogP contribution in [0.2, 0.25) is 0 Å². The molecule has 25 heavy (non-hydrogen) atoms. The van der Waals surface area contributed by atoms with E-state index in [9.17, 15) is 25.2 Å². The molecule has 138 valence electrons. The Bertz CT molecular complexity index is 718. The number of rotatable bonds is 1. The van der Waals surface area contributed by atoms with Crippen molar-refractivity contribution in [1.82, 2.24) is 0 Å². The molecule has 5 atom stereocenters. The third-order valence-electron chi connectivity index (χ3n) is 6.95. The first-order chi connectivity index (χ1) is 11.3. The van der Waals surface area contributed by atoms with Crippen LogP contribution in [0.1, 0.15) is 47.0 Å². The minimum Gasteiger partial charge on any atom is -0.504 e. The molecule has 0 aromatic carbocycles. The fourth-order valence-electron chi connectivity index (χ4n) is 5.27. The number of fused-ring (bicyclic) bond motifs is 3. The molecule has 0 aromatic heterocycles. The van der Waals surface area contributed by atoms with Crippen molar-refractivity contribution < 1.29 is 25.2 Å². The van der Waals surface area contributed by atoms with Gasteiger partial charge >= 0.3 is 0 Å². The number of hydrogen-bond donors (Lipinski definition) is 4. The first-order valence-corrected chi connectivity index (χ1v) is 8.79. The van der Waals surface area contributed by atoms with Gasteiger partial charge in [-0.15, -0.1) is 6.58 Å². The van der Waals surface area contributed by atoms with Crippen molar-refractivity contribution in [3.05, 3.63) is 35.6 Å². The maximum Gasteiger partial charge on any atom is 0.226 e. The molecule has 0 radical (unpaired) electrons. The Balaban J connectivity index is 2.36. The van der Waals surface area contributed by atoms with E-state index in [0.29, 0.717) is 18.4 Å². The summed E-state index contributed by atoms with van der Waals surface area (Å²) in [7, 11) is 0. The Hall–Kier alpha value is -1.43. The van der Waals surface area contributed by atoms with E-state index in [1.165, 1.54) is 0 Å². The number of carbonyl (C=O) groups is 1. The van der Waals surface area contributed by atoms with Crippen LogP contribution in [0, 0.1) is 16.2 Å². The second-order valence-corrected chi connectivity index (χ2v) is 8.92. The number of hydrogen-bond acceptors (Lipinski definition) is 5. The zero-order valence-corrected chi connectivity index (χ0v) is 15.3. The lowest BCUT2D eigenvalue weighted by Gasteiger charge is -2.61. The second-order valence-electron chi connectivity index (χ2n) is 8.92. The van der Waals surface area contributed by atoms with Gasteiger partial charge in [0.2, 0.25) is 5.78 Å². The second kappa shape index (κ2) is 5.06. The van der Waals surface area contributed by atoms with Crippen LogP contribution in [0.3, 0.4) is 0 Å². The maximum atomic E-state index is 12.9. The number of Topliss-reactive ketones (excluding diaryl/α,β-unsaturated/α-hetero) is 1. The minimum atomic E-state index is -1.80. The zero-order valence-electron chi connectivity index (χ0n) is 15.3. The Labute approximate surface area is 148 Å². The lowest BCUT2D eigenvalue weighted by atomic mass is 9.46. The predicted molar refractivity (Wildman–Crippen MR) is 93.8 cm³/mol. The number of aliphatic hydroxyl groups is 4. The summed E-state index contributed by atoms with van der Waals surface area (Å²) in [5.74, 6) is -1.09. The van der Waals surface area contributed by atoms with Crippen LogP contribution in [-0.2, 0) is 4.79 Å². The van der Waals surface area contributed by atoms with E-state index >= 15 is 0 Å². The van der Waals surface area contributed by atoms with E-state index in [-0.39, 0.29) is 12.0 Å². The minimum absolute atomic E-state index is 0.0320. The van der Waals surface area contributed by atoms with E-state index in [0.717, 1.165) is 0 Å². The number of carbonyl (C=O) groups excluding carboxylic acids is 1. The molecule has 4 N–H and O–H groups in total. The average Bonchev–Trinajstić information content (AvgIpc) is 2.52. The smallest absolute Gasteiger partial charge is 0.226 e. The van der Waals surface area contributed by atoms with Crippen molar-refractivity contribution in [2.24, 2.45) is 16.2 Å². The Morgan fingerprint density at radius 3 is 2.36 bits per heavy atom. The molecule has 0 spiro atoms. The summed E-state index contributed by atoms with van der Waals surface area (Å²) in [5, 5.41) is 43.7. The molecule has 3 aliphatic rings. The normalized spacial score (nSPS) is 46.2. The van der Waals surface area contributed by atoms with Gasteiger partial charge in [0, 0.05) is 21.8 Å². The third kappa shape index (κ3) is 2.03. The summed E-state index contributed by atoms with van der Waals surface area (Å²) in [6.45, 7) is 10.9. The van der Waals surface area contributed by atoms with Crippen LogP contribution < -0.4 is 0 Å². The van der Waals surface area contributed by atoms with Crippen molar-refractivity contribution in [3.63, 3.8) is 0 Å². The van der Waals surface area contributed by atoms with Gasteiger partial charge in [-0.05, 0) is 24.8 Å². The van der Waals surface area contributed by atoms with Crippen molar-refractivity contribution in [1.29, 1.82) is 0 Å². The predicted octanol–water partition coefficient (Wildman–Crippen LogP) is 2.18. The van der Waals surface area contributed by atoms with Crippen molar-refractivity contribution in [3.8, 4) is 0 Å². The summed E-state index contributed by atoms with van der Waals surface area (Å²) >= 11 is 0. The lowest BCUT2D eigenvalue weighted by Crippen LogP contribution is -2.67. The van der Waals surface area contributed by atoms with Gasteiger partial charge < -0.3 is 20.4 Å². The zero-order chi connectivity index (χ0) is 19.0. The highest BCUT2D eigenvalue weighted by Gasteiger charge is 2.67. The highest BCUT2D eigenvalue weighted by molar-refractivity contribution is 6.10. The molecule has 5 heteroatoms. The Morgan fingerprint density at radius 1 is 1.20 bits per heavy atom. The molecule has 1 fully saturated rings. The van der Waals surface area contributed by atoms with Gasteiger partial charge in [-0.2, -0.15) is 0 Å². The molecule has 0 aliphatic heterocycles. The van der Waals surface area contributed by atoms with Gasteiger partial charge in [-0.25, -0.2) is 0 Å². The first-order valence-electron chi connectivity index (χ1n) is 8.79. The summed E-state index contributed by atoms with van der Waals surface area (Å²) in [6, 6.07) is 0. The topological polar surface area (TPSA) is 98.0 Å². The summed E-state index contributed by atoms with van der Waals surface area (Å²) in [4.78, 5) is 12.9. The highest BCUT2D eigenvalue weighted by atomic mass is 16.3. The summed E-state index contributed by atoms with van der Waals surface area (Å²) < 4.78 is 0. The lowest BCUT2D eigenvalue weighted by molar-refractivity contribution is -0.165. The van der Waals surface area contributed by atoms with Crippen molar-refractivity contribution >= 4 is 5.78 Å². The van der Waals surface area contributed by atoms with E-state index in [1.54, 1.807) is 32.9 Å². The molecule has 5 nitrogen and oxygen atoms in total. The molecule has 5 unspecified atom stereocenters. The Morgan fingerprint density at radius 2 is 1.80 bits per heavy atom. The number of allylic oxidation sites excluding steroid dienone is 3. The third-order valence-corrected chi connectivity index (χ3v) is 6.95. The van der Waals surface area contributed by atoms with Gasteiger partial charge in [0.1, 0.15) is 5.60 Å². The van der Waals surface area contributed by atoms with Crippen LogP contribution >= 0.6 is 0 Å². The molecule has 1 saturated carbocycles. The standard InChI is InChI=1S/C20H28O5/c1-6-18(4)9-11-14(23)15(24)16-17(2,3)12(21)7-8-19(16,5)20(11,25)13(22)10-18/h6,9,12-13,21-22,24-25H,1,7-8,10H2,2-5H3. The maximum absolute atomic E-state index is 12.9. The molecule has 0 aromatic rings. The average molecular weight is 348 g/mol.